The van der Waals surface area contributed by atoms with Crippen molar-refractivity contribution in [2.45, 2.75) is 6.42 Å². The number of methoxy groups -OCH3 is 2. The number of aromatic nitrogens is 2. The molecule has 1 N–H and O–H groups in total. The average Bonchev–Trinajstić information content (AvgIpc) is 3.26. The standard InChI is InChI=1S/C19H17Cl2N3O2/c1-25-16-6-3-11(9-17(16)26-2)18-13-7-8-22-19(13)24(23-18)12-4-5-14(20)15(21)10-12/h3-6,9-10,22H,7-8H2,1-2H3. The van der Waals surface area contributed by atoms with Crippen molar-refractivity contribution in [3.63, 3.8) is 0 Å². The van der Waals surface area contributed by atoms with Crippen LogP contribution in [0.3, 0.4) is 0 Å². The van der Waals surface area contributed by atoms with E-state index in [1.165, 1.54) is 5.56 Å². The number of hydrogen-bond acceptors (Lipinski definition) is 4. The van der Waals surface area contributed by atoms with Crippen molar-refractivity contribution in [3.05, 3.63) is 52.0 Å². The summed E-state index contributed by atoms with van der Waals surface area (Å²) in [4.78, 5) is 0. The number of nitrogens with zero attached hydrogens (tertiary/aromatic N) is 2. The molecule has 1 aromatic heterocycles. The van der Waals surface area contributed by atoms with Crippen molar-refractivity contribution in [3.8, 4) is 28.4 Å². The van der Waals surface area contributed by atoms with E-state index in [4.69, 9.17) is 37.8 Å². The fourth-order valence-corrected chi connectivity index (χ4v) is 3.49. The predicted octanol–water partition coefficient (Wildman–Crippen LogP) is 4.83. The Morgan fingerprint density at radius 1 is 1.00 bits per heavy atom. The van der Waals surface area contributed by atoms with E-state index < -0.39 is 0 Å². The van der Waals surface area contributed by atoms with Gasteiger partial charge in [-0.05, 0) is 42.8 Å². The van der Waals surface area contributed by atoms with Gasteiger partial charge in [0.15, 0.2) is 11.5 Å². The maximum absolute atomic E-state index is 6.19. The van der Waals surface area contributed by atoms with Gasteiger partial charge in [-0.1, -0.05) is 23.2 Å². The molecule has 2 aromatic carbocycles. The lowest BCUT2D eigenvalue weighted by Crippen LogP contribution is -2.04. The number of benzene rings is 2. The van der Waals surface area contributed by atoms with E-state index in [-0.39, 0.29) is 0 Å². The number of rotatable bonds is 4. The molecular formula is C19H17Cl2N3O2. The topological polar surface area (TPSA) is 48.3 Å². The summed E-state index contributed by atoms with van der Waals surface area (Å²) in [5.74, 6) is 2.34. The van der Waals surface area contributed by atoms with Gasteiger partial charge in [-0.3, -0.25) is 0 Å². The van der Waals surface area contributed by atoms with Crippen LogP contribution in [0, 0.1) is 0 Å². The smallest absolute Gasteiger partial charge is 0.161 e. The lowest BCUT2D eigenvalue weighted by atomic mass is 10.1. The van der Waals surface area contributed by atoms with Gasteiger partial charge in [0, 0.05) is 17.7 Å². The molecule has 0 saturated carbocycles. The molecule has 0 aliphatic carbocycles. The molecule has 4 rings (SSSR count). The predicted molar refractivity (Wildman–Crippen MR) is 104 cm³/mol. The largest absolute Gasteiger partial charge is 0.493 e. The molecule has 0 bridgehead atoms. The molecule has 0 unspecified atom stereocenters. The number of fused-ring (bicyclic) bond motifs is 1. The molecule has 0 saturated heterocycles. The summed E-state index contributed by atoms with van der Waals surface area (Å²) in [6.07, 6.45) is 0.903. The maximum atomic E-state index is 6.19. The van der Waals surface area contributed by atoms with Gasteiger partial charge < -0.3 is 14.8 Å². The van der Waals surface area contributed by atoms with Crippen molar-refractivity contribution in [2.75, 3.05) is 26.1 Å². The fraction of sp³-hybridized carbons (Fsp3) is 0.211. The lowest BCUT2D eigenvalue weighted by molar-refractivity contribution is 0.355. The van der Waals surface area contributed by atoms with Gasteiger partial charge in [0.2, 0.25) is 0 Å². The van der Waals surface area contributed by atoms with Crippen LogP contribution in [0.2, 0.25) is 10.0 Å². The molecule has 134 valence electrons. The Bertz CT molecular complexity index is 985. The number of nitrogens with one attached hydrogen (secondary N) is 1. The van der Waals surface area contributed by atoms with E-state index >= 15 is 0 Å². The van der Waals surface area contributed by atoms with Crippen LogP contribution in [0.4, 0.5) is 5.82 Å². The van der Waals surface area contributed by atoms with Gasteiger partial charge in [-0.25, -0.2) is 4.68 Å². The second kappa shape index (κ2) is 6.74. The zero-order chi connectivity index (χ0) is 18.3. The SMILES string of the molecule is COc1ccc(-c2nn(-c3ccc(Cl)c(Cl)c3)c3c2CCN3)cc1OC. The highest BCUT2D eigenvalue weighted by molar-refractivity contribution is 6.42. The normalized spacial score (nSPS) is 12.6. The highest BCUT2D eigenvalue weighted by Gasteiger charge is 2.24. The van der Waals surface area contributed by atoms with E-state index in [1.54, 1.807) is 20.3 Å². The Morgan fingerprint density at radius 3 is 2.54 bits per heavy atom. The second-order valence-corrected chi connectivity index (χ2v) is 6.75. The first-order chi connectivity index (χ1) is 12.6. The number of hydrogen-bond donors (Lipinski definition) is 1. The first kappa shape index (κ1) is 17.1. The highest BCUT2D eigenvalue weighted by atomic mass is 35.5. The number of halogens is 2. The number of ether oxygens (including phenoxy) is 2. The van der Waals surface area contributed by atoms with E-state index in [0.29, 0.717) is 21.5 Å². The molecule has 7 heteroatoms. The summed E-state index contributed by atoms with van der Waals surface area (Å²) >= 11 is 12.2. The van der Waals surface area contributed by atoms with Crippen LogP contribution >= 0.6 is 23.2 Å². The van der Waals surface area contributed by atoms with E-state index in [1.807, 2.05) is 35.0 Å². The van der Waals surface area contributed by atoms with Crippen molar-refractivity contribution in [1.82, 2.24) is 9.78 Å². The molecule has 1 aliphatic heterocycles. The monoisotopic (exact) mass is 389 g/mol. The van der Waals surface area contributed by atoms with Crippen molar-refractivity contribution in [1.29, 1.82) is 0 Å². The van der Waals surface area contributed by atoms with E-state index in [9.17, 15) is 0 Å². The molecule has 0 spiro atoms. The summed E-state index contributed by atoms with van der Waals surface area (Å²) < 4.78 is 12.6. The molecule has 1 aliphatic rings. The van der Waals surface area contributed by atoms with Crippen LogP contribution in [0.1, 0.15) is 5.56 Å². The molecule has 0 amide bonds. The summed E-state index contributed by atoms with van der Waals surface area (Å²) in [7, 11) is 3.25. The van der Waals surface area contributed by atoms with Gasteiger partial charge in [-0.15, -0.1) is 0 Å². The molecule has 3 aromatic rings. The fourth-order valence-electron chi connectivity index (χ4n) is 3.19. The molecular weight excluding hydrogens is 373 g/mol. The minimum atomic E-state index is 0.499. The summed E-state index contributed by atoms with van der Waals surface area (Å²) in [6.45, 7) is 0.870. The molecule has 0 fully saturated rings. The Balaban J connectivity index is 1.85. The second-order valence-electron chi connectivity index (χ2n) is 5.93. The summed E-state index contributed by atoms with van der Waals surface area (Å²) in [5, 5.41) is 9.26. The van der Waals surface area contributed by atoms with Crippen LogP contribution in [-0.4, -0.2) is 30.5 Å². The first-order valence-electron chi connectivity index (χ1n) is 8.16. The van der Waals surface area contributed by atoms with E-state index in [0.717, 1.165) is 35.7 Å². The molecule has 26 heavy (non-hydrogen) atoms. The van der Waals surface area contributed by atoms with Crippen LogP contribution in [0.5, 0.6) is 11.5 Å². The van der Waals surface area contributed by atoms with Crippen LogP contribution in [0.25, 0.3) is 16.9 Å². The van der Waals surface area contributed by atoms with E-state index in [2.05, 4.69) is 5.32 Å². The lowest BCUT2D eigenvalue weighted by Gasteiger charge is -2.09. The zero-order valence-corrected chi connectivity index (χ0v) is 15.9. The quantitative estimate of drug-likeness (QED) is 0.693. The Labute approximate surface area is 161 Å². The van der Waals surface area contributed by atoms with Gasteiger partial charge in [0.25, 0.3) is 0 Å². The van der Waals surface area contributed by atoms with Crippen LogP contribution in [-0.2, 0) is 6.42 Å². The molecule has 0 atom stereocenters. The molecule has 2 heterocycles. The van der Waals surface area contributed by atoms with Crippen molar-refractivity contribution >= 4 is 29.0 Å². The zero-order valence-electron chi connectivity index (χ0n) is 14.3. The van der Waals surface area contributed by atoms with Crippen molar-refractivity contribution in [2.24, 2.45) is 0 Å². The number of anilines is 1. The third kappa shape index (κ3) is 2.77. The van der Waals surface area contributed by atoms with Gasteiger partial charge >= 0.3 is 0 Å². The minimum Gasteiger partial charge on any atom is -0.493 e. The van der Waals surface area contributed by atoms with Crippen molar-refractivity contribution < 1.29 is 9.47 Å². The van der Waals surface area contributed by atoms with Gasteiger partial charge in [0.05, 0.1) is 35.6 Å². The minimum absolute atomic E-state index is 0.499. The third-order valence-corrected chi connectivity index (χ3v) is 5.19. The molecule has 0 radical (unpaired) electrons. The molecule has 5 nitrogen and oxygen atoms in total. The Morgan fingerprint density at radius 2 is 1.81 bits per heavy atom. The Hall–Kier alpha value is -2.37. The summed E-state index contributed by atoms with van der Waals surface area (Å²) in [5.41, 5.74) is 3.92. The highest BCUT2D eigenvalue weighted by Crippen LogP contribution is 2.38. The first-order valence-corrected chi connectivity index (χ1v) is 8.91. The Kier molecular flexibility index (Phi) is 4.42. The van der Waals surface area contributed by atoms with Crippen LogP contribution in [0.15, 0.2) is 36.4 Å². The van der Waals surface area contributed by atoms with Crippen LogP contribution < -0.4 is 14.8 Å². The van der Waals surface area contributed by atoms with Gasteiger partial charge in [-0.2, -0.15) is 5.10 Å². The van der Waals surface area contributed by atoms with Gasteiger partial charge in [0.1, 0.15) is 5.82 Å². The average molecular weight is 390 g/mol. The summed E-state index contributed by atoms with van der Waals surface area (Å²) in [6, 6.07) is 11.3. The third-order valence-electron chi connectivity index (χ3n) is 4.46. The maximum Gasteiger partial charge on any atom is 0.161 e.